The van der Waals surface area contributed by atoms with Crippen molar-refractivity contribution in [3.8, 4) is 0 Å². The molecule has 0 aliphatic rings. The molecule has 6 heteroatoms. The maximum absolute atomic E-state index is 12.4. The summed E-state index contributed by atoms with van der Waals surface area (Å²) in [4.78, 5) is 10.4. The van der Waals surface area contributed by atoms with Gasteiger partial charge < -0.3 is 5.73 Å². The summed E-state index contributed by atoms with van der Waals surface area (Å²) in [6.45, 7) is 0. The van der Waals surface area contributed by atoms with Crippen molar-refractivity contribution in [3.63, 3.8) is 0 Å². The highest BCUT2D eigenvalue weighted by Crippen LogP contribution is 2.39. The fraction of sp³-hybridized carbons (Fsp3) is 0.125. The number of rotatable bonds is 1. The third-order valence-corrected chi connectivity index (χ3v) is 2.47. The summed E-state index contributed by atoms with van der Waals surface area (Å²) < 4.78 is 36.9. The van der Waals surface area contributed by atoms with Crippen molar-refractivity contribution in [2.75, 3.05) is 5.73 Å². The minimum Gasteiger partial charge on any atom is -0.398 e. The van der Waals surface area contributed by atoms with E-state index in [1.807, 2.05) is 0 Å². The first-order valence-electron chi connectivity index (χ1n) is 3.48. The number of carbonyl (C=O) groups is 1. The van der Waals surface area contributed by atoms with E-state index in [-0.39, 0.29) is 10.0 Å². The highest BCUT2D eigenvalue weighted by atomic mass is 79.9. The van der Waals surface area contributed by atoms with Crippen LogP contribution in [0, 0.1) is 0 Å². The molecule has 0 aliphatic heterocycles. The molecule has 2 N–H and O–H groups in total. The molecule has 0 aromatic heterocycles. The zero-order chi connectivity index (χ0) is 10.9. The van der Waals surface area contributed by atoms with Crippen LogP contribution in [0.2, 0.25) is 0 Å². The zero-order valence-electron chi connectivity index (χ0n) is 6.73. The van der Waals surface area contributed by atoms with Crippen molar-refractivity contribution in [1.29, 1.82) is 0 Å². The van der Waals surface area contributed by atoms with E-state index in [2.05, 4.69) is 15.9 Å². The van der Waals surface area contributed by atoms with Crippen molar-refractivity contribution < 1.29 is 18.0 Å². The monoisotopic (exact) mass is 267 g/mol. The molecular formula is C8H5BrF3NO. The van der Waals surface area contributed by atoms with E-state index in [1.165, 1.54) is 6.07 Å². The van der Waals surface area contributed by atoms with E-state index in [0.717, 1.165) is 6.07 Å². The lowest BCUT2D eigenvalue weighted by Crippen LogP contribution is -2.11. The first-order valence-corrected chi connectivity index (χ1v) is 4.27. The standard InChI is InChI=1S/C8H5BrF3NO/c9-7-4(3-14)1-2-5(13)6(7)8(10,11)12/h1-3H,13H2. The summed E-state index contributed by atoms with van der Waals surface area (Å²) in [7, 11) is 0. The smallest absolute Gasteiger partial charge is 0.398 e. The van der Waals surface area contributed by atoms with Crippen LogP contribution in [0.15, 0.2) is 16.6 Å². The number of benzene rings is 1. The minimum atomic E-state index is -4.57. The Bertz CT molecular complexity index is 376. The molecule has 0 atom stereocenters. The summed E-state index contributed by atoms with van der Waals surface area (Å²) in [6, 6.07) is 2.28. The number of alkyl halides is 3. The Hall–Kier alpha value is -1.04. The average Bonchev–Trinajstić information content (AvgIpc) is 2.02. The normalized spacial score (nSPS) is 11.4. The van der Waals surface area contributed by atoms with Gasteiger partial charge in [-0.25, -0.2) is 0 Å². The van der Waals surface area contributed by atoms with Crippen LogP contribution < -0.4 is 5.73 Å². The minimum absolute atomic E-state index is 0.0773. The highest BCUT2D eigenvalue weighted by molar-refractivity contribution is 9.10. The topological polar surface area (TPSA) is 43.1 Å². The molecule has 1 aromatic carbocycles. The van der Waals surface area contributed by atoms with Gasteiger partial charge in [0.25, 0.3) is 0 Å². The molecule has 0 saturated heterocycles. The van der Waals surface area contributed by atoms with Gasteiger partial charge in [-0.2, -0.15) is 13.2 Å². The first kappa shape index (κ1) is 11.0. The van der Waals surface area contributed by atoms with Crippen LogP contribution in [0.5, 0.6) is 0 Å². The lowest BCUT2D eigenvalue weighted by atomic mass is 10.1. The molecule has 0 aliphatic carbocycles. The second-order valence-electron chi connectivity index (χ2n) is 2.55. The molecule has 0 radical (unpaired) electrons. The third kappa shape index (κ3) is 1.89. The van der Waals surface area contributed by atoms with Gasteiger partial charge in [0.2, 0.25) is 0 Å². The predicted octanol–water partition coefficient (Wildman–Crippen LogP) is 2.86. The summed E-state index contributed by atoms with van der Waals surface area (Å²) in [6.07, 6.45) is -4.24. The van der Waals surface area contributed by atoms with Crippen molar-refractivity contribution in [3.05, 3.63) is 27.7 Å². The lowest BCUT2D eigenvalue weighted by molar-refractivity contribution is -0.137. The Labute approximate surface area is 86.0 Å². The highest BCUT2D eigenvalue weighted by Gasteiger charge is 2.36. The fourth-order valence-corrected chi connectivity index (χ4v) is 1.67. The van der Waals surface area contributed by atoms with Crippen LogP contribution in [0.1, 0.15) is 15.9 Å². The average molecular weight is 268 g/mol. The number of carbonyl (C=O) groups excluding carboxylic acids is 1. The maximum atomic E-state index is 12.4. The maximum Gasteiger partial charge on any atom is 0.419 e. The van der Waals surface area contributed by atoms with E-state index in [1.54, 1.807) is 0 Å². The molecule has 1 aromatic rings. The Morgan fingerprint density at radius 2 is 1.93 bits per heavy atom. The van der Waals surface area contributed by atoms with E-state index in [9.17, 15) is 18.0 Å². The number of hydrogen-bond donors (Lipinski definition) is 1. The summed E-state index contributed by atoms with van der Waals surface area (Å²) in [5, 5.41) is 0. The van der Waals surface area contributed by atoms with E-state index in [4.69, 9.17) is 5.73 Å². The zero-order valence-corrected chi connectivity index (χ0v) is 8.32. The van der Waals surface area contributed by atoms with Gasteiger partial charge in [0, 0.05) is 15.7 Å². The van der Waals surface area contributed by atoms with Gasteiger partial charge in [0.05, 0.1) is 5.56 Å². The lowest BCUT2D eigenvalue weighted by Gasteiger charge is -2.12. The van der Waals surface area contributed by atoms with Gasteiger partial charge >= 0.3 is 6.18 Å². The quantitative estimate of drug-likeness (QED) is 0.628. The molecule has 0 heterocycles. The SMILES string of the molecule is Nc1ccc(C=O)c(Br)c1C(F)(F)F. The Kier molecular flexibility index (Phi) is 2.84. The van der Waals surface area contributed by atoms with Gasteiger partial charge in [-0.05, 0) is 28.1 Å². The van der Waals surface area contributed by atoms with E-state index in [0.29, 0.717) is 6.29 Å². The van der Waals surface area contributed by atoms with E-state index >= 15 is 0 Å². The number of hydrogen-bond acceptors (Lipinski definition) is 2. The van der Waals surface area contributed by atoms with Crippen molar-refractivity contribution in [2.24, 2.45) is 0 Å². The molecule has 0 fully saturated rings. The van der Waals surface area contributed by atoms with Crippen LogP contribution in [0.25, 0.3) is 0 Å². The molecular weight excluding hydrogens is 263 g/mol. The van der Waals surface area contributed by atoms with Crippen LogP contribution >= 0.6 is 15.9 Å². The van der Waals surface area contributed by atoms with Crippen LogP contribution in [-0.2, 0) is 6.18 Å². The number of anilines is 1. The second-order valence-corrected chi connectivity index (χ2v) is 3.34. The second kappa shape index (κ2) is 3.61. The molecule has 14 heavy (non-hydrogen) atoms. The van der Waals surface area contributed by atoms with Gasteiger partial charge in [0.15, 0.2) is 6.29 Å². The molecule has 2 nitrogen and oxygen atoms in total. The Morgan fingerprint density at radius 1 is 1.36 bits per heavy atom. The summed E-state index contributed by atoms with van der Waals surface area (Å²) >= 11 is 2.70. The molecule has 0 unspecified atom stereocenters. The molecule has 0 bridgehead atoms. The van der Waals surface area contributed by atoms with Crippen molar-refractivity contribution in [2.45, 2.75) is 6.18 Å². The Balaban J connectivity index is 3.48. The molecule has 0 amide bonds. The van der Waals surface area contributed by atoms with Gasteiger partial charge in [-0.15, -0.1) is 0 Å². The molecule has 1 rings (SSSR count). The number of aldehydes is 1. The molecule has 76 valence electrons. The summed E-state index contributed by atoms with van der Waals surface area (Å²) in [5.74, 6) is 0. The van der Waals surface area contributed by atoms with Gasteiger partial charge in [0.1, 0.15) is 0 Å². The van der Waals surface area contributed by atoms with Crippen LogP contribution in [-0.4, -0.2) is 6.29 Å². The van der Waals surface area contributed by atoms with E-state index < -0.39 is 17.4 Å². The van der Waals surface area contributed by atoms with Crippen molar-refractivity contribution in [1.82, 2.24) is 0 Å². The molecule has 0 saturated carbocycles. The number of nitrogens with two attached hydrogens (primary N) is 1. The first-order chi connectivity index (χ1) is 6.38. The molecule has 0 spiro atoms. The van der Waals surface area contributed by atoms with Crippen LogP contribution in [0.4, 0.5) is 18.9 Å². The van der Waals surface area contributed by atoms with Gasteiger partial charge in [-0.1, -0.05) is 0 Å². The predicted molar refractivity (Wildman–Crippen MR) is 48.9 cm³/mol. The van der Waals surface area contributed by atoms with Crippen LogP contribution in [0.3, 0.4) is 0 Å². The number of halogens is 4. The largest absolute Gasteiger partial charge is 0.419 e. The third-order valence-electron chi connectivity index (χ3n) is 1.61. The number of nitrogen functional groups attached to an aromatic ring is 1. The Morgan fingerprint density at radius 3 is 2.36 bits per heavy atom. The van der Waals surface area contributed by atoms with Gasteiger partial charge in [-0.3, -0.25) is 4.79 Å². The van der Waals surface area contributed by atoms with Crippen molar-refractivity contribution >= 4 is 27.9 Å². The fourth-order valence-electron chi connectivity index (χ4n) is 0.986. The summed E-state index contributed by atoms with van der Waals surface area (Å²) in [5.41, 5.74) is 3.67.